The minimum Gasteiger partial charge on any atom is -0.465 e. The van der Waals surface area contributed by atoms with Gasteiger partial charge in [-0.2, -0.15) is 0 Å². The smallest absolute Gasteiger partial charge is 0.415 e. The van der Waals surface area contributed by atoms with E-state index in [4.69, 9.17) is 9.73 Å². The number of thioether (sulfide) groups is 1. The Kier molecular flexibility index (Phi) is 7.93. The van der Waals surface area contributed by atoms with E-state index in [1.807, 2.05) is 27.7 Å². The third-order valence-electron chi connectivity index (χ3n) is 7.48. The van der Waals surface area contributed by atoms with Crippen LogP contribution < -0.4 is 5.32 Å². The van der Waals surface area contributed by atoms with Gasteiger partial charge in [0, 0.05) is 42.1 Å². The van der Waals surface area contributed by atoms with Crippen molar-refractivity contribution in [2.24, 2.45) is 16.3 Å². The van der Waals surface area contributed by atoms with Crippen molar-refractivity contribution >= 4 is 52.9 Å². The van der Waals surface area contributed by atoms with Crippen molar-refractivity contribution < 1.29 is 23.8 Å². The SMILES string of the molecule is CC(C)(C)C(OCC[Si](C)(C)C)N(C(=O)O)C1=N[C@](C)(c2cc(Br)ccc2F)C2C[C@]2(C(=O)NC2CC2)S1. The van der Waals surface area contributed by atoms with Crippen molar-refractivity contribution in [3.05, 3.63) is 34.1 Å². The Labute approximate surface area is 238 Å². The second-order valence-corrected chi connectivity index (χ2v) is 21.0. The standard InChI is InChI=1S/C27H39BrFN3O4SSi/c1-25(2,3)22(36-12-13-38(5,6)7)32(24(34)35)23-31-26(4,18-14-16(28)8-11-19(18)29)20-15-27(20,37-23)21(33)30-17-9-10-17/h8,11,14,17,20,22H,9-10,12-13,15H2,1-7H3,(H,30,33)(H,34,35)/t20?,22?,26-,27+/m1/s1. The molecule has 2 aliphatic carbocycles. The zero-order chi connectivity index (χ0) is 28.3. The molecule has 3 aliphatic rings. The summed E-state index contributed by atoms with van der Waals surface area (Å²) in [6, 6.07) is 5.71. The highest BCUT2D eigenvalue weighted by Crippen LogP contribution is 2.67. The molecule has 210 valence electrons. The number of carboxylic acid groups (broad SMARTS) is 1. The minimum atomic E-state index is -1.43. The average Bonchev–Trinajstić information content (AvgIpc) is 3.69. The number of halogens is 2. The first-order valence-corrected chi connectivity index (χ1v) is 18.5. The van der Waals surface area contributed by atoms with Crippen molar-refractivity contribution in [1.29, 1.82) is 0 Å². The van der Waals surface area contributed by atoms with Crippen molar-refractivity contribution in [2.45, 2.75) is 95.2 Å². The van der Waals surface area contributed by atoms with Crippen molar-refractivity contribution in [3.63, 3.8) is 0 Å². The molecule has 0 saturated heterocycles. The Bertz CT molecular complexity index is 1150. The van der Waals surface area contributed by atoms with Crippen LogP contribution in [0, 0.1) is 17.2 Å². The minimum absolute atomic E-state index is 0.124. The largest absolute Gasteiger partial charge is 0.465 e. The van der Waals surface area contributed by atoms with Gasteiger partial charge in [-0.05, 0) is 50.4 Å². The molecule has 7 nitrogen and oxygen atoms in total. The first-order valence-electron chi connectivity index (χ1n) is 13.2. The van der Waals surface area contributed by atoms with Gasteiger partial charge in [-0.25, -0.2) is 14.1 Å². The molecule has 1 aromatic carbocycles. The molecular weight excluding hydrogens is 589 g/mol. The van der Waals surface area contributed by atoms with Crippen molar-refractivity contribution in [3.8, 4) is 0 Å². The summed E-state index contributed by atoms with van der Waals surface area (Å²) in [4.78, 5) is 32.6. The highest BCUT2D eigenvalue weighted by molar-refractivity contribution is 9.10. The molecule has 11 heteroatoms. The number of nitrogens with zero attached hydrogens (tertiary/aromatic N) is 2. The summed E-state index contributed by atoms with van der Waals surface area (Å²) in [7, 11) is -1.43. The number of benzene rings is 1. The lowest BCUT2D eigenvalue weighted by Gasteiger charge is -2.42. The lowest BCUT2D eigenvalue weighted by Crippen LogP contribution is -2.54. The van der Waals surface area contributed by atoms with E-state index < -0.39 is 41.9 Å². The molecule has 2 unspecified atom stereocenters. The molecule has 1 aromatic rings. The van der Waals surface area contributed by atoms with Crippen LogP contribution in [0.1, 0.15) is 52.5 Å². The van der Waals surface area contributed by atoms with Gasteiger partial charge in [0.05, 0.1) is 5.54 Å². The van der Waals surface area contributed by atoms with Gasteiger partial charge < -0.3 is 15.2 Å². The first kappa shape index (κ1) is 29.5. The van der Waals surface area contributed by atoms with Gasteiger partial charge >= 0.3 is 6.09 Å². The number of ether oxygens (including phenoxy) is 1. The Morgan fingerprint density at radius 1 is 1.34 bits per heavy atom. The Morgan fingerprint density at radius 2 is 2.00 bits per heavy atom. The highest BCUT2D eigenvalue weighted by atomic mass is 79.9. The summed E-state index contributed by atoms with van der Waals surface area (Å²) in [6.45, 7) is 14.7. The molecule has 2 saturated carbocycles. The maximum atomic E-state index is 15.3. The normalized spacial score (nSPS) is 27.7. The number of amides is 2. The number of carbonyl (C=O) groups is 2. The summed E-state index contributed by atoms with van der Waals surface area (Å²) in [5.41, 5.74) is -1.38. The van der Waals surface area contributed by atoms with Gasteiger partial charge in [-0.3, -0.25) is 9.79 Å². The van der Waals surface area contributed by atoms with E-state index in [2.05, 4.69) is 40.9 Å². The molecule has 0 bridgehead atoms. The summed E-state index contributed by atoms with van der Waals surface area (Å²) in [5.74, 6) is -0.834. The predicted octanol–water partition coefficient (Wildman–Crippen LogP) is 6.65. The van der Waals surface area contributed by atoms with Crippen LogP contribution in [0.15, 0.2) is 27.7 Å². The number of rotatable bonds is 8. The van der Waals surface area contributed by atoms with E-state index in [0.29, 0.717) is 23.1 Å². The molecule has 2 amide bonds. The predicted molar refractivity (Wildman–Crippen MR) is 156 cm³/mol. The fraction of sp³-hybridized carbons (Fsp3) is 0.667. The monoisotopic (exact) mass is 627 g/mol. The number of nitrogens with one attached hydrogen (secondary N) is 1. The quantitative estimate of drug-likeness (QED) is 0.249. The van der Waals surface area contributed by atoms with Crippen molar-refractivity contribution in [1.82, 2.24) is 10.2 Å². The third kappa shape index (κ3) is 6.00. The lowest BCUT2D eigenvalue weighted by atomic mass is 9.85. The number of hydrogen-bond acceptors (Lipinski definition) is 5. The fourth-order valence-electron chi connectivity index (χ4n) is 5.01. The van der Waals surface area contributed by atoms with Gasteiger partial charge in [0.1, 0.15) is 16.8 Å². The number of carbonyl (C=O) groups excluding carboxylic acids is 1. The Hall–Kier alpha value is -1.43. The van der Waals surface area contributed by atoms with Crippen molar-refractivity contribution in [2.75, 3.05) is 6.61 Å². The highest BCUT2D eigenvalue weighted by Gasteiger charge is 2.72. The van der Waals surface area contributed by atoms with E-state index in [1.54, 1.807) is 12.1 Å². The molecule has 0 aromatic heterocycles. The van der Waals surface area contributed by atoms with E-state index in [9.17, 15) is 14.7 Å². The Balaban J connectivity index is 1.79. The van der Waals surface area contributed by atoms with Crippen LogP contribution in [0.2, 0.25) is 25.7 Å². The first-order chi connectivity index (χ1) is 17.5. The van der Waals surface area contributed by atoms with E-state index >= 15 is 4.39 Å². The second kappa shape index (κ2) is 10.2. The number of hydrogen-bond donors (Lipinski definition) is 2. The molecule has 2 N–H and O–H groups in total. The molecule has 4 rings (SSSR count). The van der Waals surface area contributed by atoms with Crippen LogP contribution in [0.3, 0.4) is 0 Å². The molecule has 38 heavy (non-hydrogen) atoms. The van der Waals surface area contributed by atoms with Crippen LogP contribution in [0.4, 0.5) is 9.18 Å². The van der Waals surface area contributed by atoms with E-state index in [-0.39, 0.29) is 23.0 Å². The molecule has 2 fully saturated rings. The third-order valence-corrected chi connectivity index (χ3v) is 11.1. The topological polar surface area (TPSA) is 91.2 Å². The maximum absolute atomic E-state index is 15.3. The summed E-state index contributed by atoms with van der Waals surface area (Å²) in [5, 5.41) is 13.8. The molecule has 1 aliphatic heterocycles. The van der Waals surface area contributed by atoms with Crippen LogP contribution >= 0.6 is 27.7 Å². The number of amidine groups is 1. The fourth-order valence-corrected chi connectivity index (χ4v) is 7.71. The van der Waals surface area contributed by atoms with Crippen LogP contribution in [-0.2, 0) is 15.1 Å². The van der Waals surface area contributed by atoms with Gasteiger partial charge in [0.25, 0.3) is 0 Å². The molecule has 0 spiro atoms. The Morgan fingerprint density at radius 3 is 2.55 bits per heavy atom. The number of fused-ring (bicyclic) bond motifs is 1. The molecular formula is C27H39BrFN3O4SSi. The molecule has 1 heterocycles. The van der Waals surface area contributed by atoms with Gasteiger partial charge in [0.15, 0.2) is 5.17 Å². The van der Waals surface area contributed by atoms with Gasteiger partial charge in [-0.1, -0.05) is 68.1 Å². The molecule has 4 atom stereocenters. The number of aliphatic imine (C=N–C) groups is 1. The molecule has 0 radical (unpaired) electrons. The van der Waals surface area contributed by atoms with E-state index in [1.165, 1.54) is 22.7 Å². The van der Waals surface area contributed by atoms with Gasteiger partial charge in [-0.15, -0.1) is 0 Å². The zero-order valence-electron chi connectivity index (χ0n) is 23.2. The van der Waals surface area contributed by atoms with Crippen LogP contribution in [0.25, 0.3) is 0 Å². The summed E-state index contributed by atoms with van der Waals surface area (Å²) < 4.78 is 21.4. The van der Waals surface area contributed by atoms with Crippen LogP contribution in [-0.4, -0.2) is 58.9 Å². The summed E-state index contributed by atoms with van der Waals surface area (Å²) in [6.07, 6.45) is 0.314. The second-order valence-electron chi connectivity index (χ2n) is 13.2. The average molecular weight is 629 g/mol. The lowest BCUT2D eigenvalue weighted by molar-refractivity contribution is -0.121. The van der Waals surface area contributed by atoms with Crippen LogP contribution in [0.5, 0.6) is 0 Å². The zero-order valence-corrected chi connectivity index (χ0v) is 26.6. The van der Waals surface area contributed by atoms with E-state index in [0.717, 1.165) is 18.9 Å². The summed E-state index contributed by atoms with van der Waals surface area (Å²) >= 11 is 4.63. The maximum Gasteiger partial charge on any atom is 0.415 e. The van der Waals surface area contributed by atoms with Gasteiger partial charge in [0.2, 0.25) is 5.91 Å².